The molecule has 0 bridgehead atoms. The highest BCUT2D eigenvalue weighted by molar-refractivity contribution is 5.76. The summed E-state index contributed by atoms with van der Waals surface area (Å²) < 4.78 is 5.48. The Morgan fingerprint density at radius 1 is 1.29 bits per heavy atom. The summed E-state index contributed by atoms with van der Waals surface area (Å²) in [7, 11) is 0. The molecule has 1 aromatic carbocycles. The zero-order valence-corrected chi connectivity index (χ0v) is 14.5. The summed E-state index contributed by atoms with van der Waals surface area (Å²) in [5.41, 5.74) is 2.14. The monoisotopic (exact) mass is 327 g/mol. The van der Waals surface area contributed by atoms with Gasteiger partial charge >= 0.3 is 0 Å². The summed E-state index contributed by atoms with van der Waals surface area (Å²) >= 11 is 0. The number of amides is 1. The van der Waals surface area contributed by atoms with Crippen LogP contribution in [0.3, 0.4) is 0 Å². The number of likely N-dealkylation sites (tertiary alicyclic amines) is 1. The number of aryl methyl sites for hydroxylation is 1. The minimum Gasteiger partial charge on any atom is -0.337 e. The highest BCUT2D eigenvalue weighted by Gasteiger charge is 2.33. The third-order valence-electron chi connectivity index (χ3n) is 4.60. The molecule has 0 aliphatic carbocycles. The molecule has 1 fully saturated rings. The number of unbranched alkanes of at least 4 members (excludes halogenated alkanes) is 2. The number of rotatable bonds is 6. The fourth-order valence-corrected chi connectivity index (χ4v) is 3.18. The molecule has 1 amide bonds. The lowest BCUT2D eigenvalue weighted by atomic mass is 10.1. The summed E-state index contributed by atoms with van der Waals surface area (Å²) in [5.74, 6) is 1.36. The standard InChI is InChI=1S/C19H25N3O2/c1-3-4-5-8-17(23)22-13-6-7-16(22)19-20-18(21-24-19)15-11-9-14(2)10-12-15/h9-12,16H,3-8,13H2,1-2H3. The van der Waals surface area contributed by atoms with Crippen LogP contribution in [0.4, 0.5) is 0 Å². The van der Waals surface area contributed by atoms with Crippen LogP contribution < -0.4 is 0 Å². The van der Waals surface area contributed by atoms with Crippen molar-refractivity contribution in [3.05, 3.63) is 35.7 Å². The Bertz CT molecular complexity index is 678. The lowest BCUT2D eigenvalue weighted by Crippen LogP contribution is -2.30. The second kappa shape index (κ2) is 7.60. The van der Waals surface area contributed by atoms with E-state index < -0.39 is 0 Å². The molecule has 0 spiro atoms. The van der Waals surface area contributed by atoms with Gasteiger partial charge in [0.15, 0.2) is 0 Å². The highest BCUT2D eigenvalue weighted by atomic mass is 16.5. The molecule has 1 aliphatic heterocycles. The molecule has 0 N–H and O–H groups in total. The fraction of sp³-hybridized carbons (Fsp3) is 0.526. The van der Waals surface area contributed by atoms with Gasteiger partial charge in [-0.15, -0.1) is 0 Å². The molecule has 1 atom stereocenters. The summed E-state index contributed by atoms with van der Waals surface area (Å²) in [6.07, 6.45) is 5.68. The first kappa shape index (κ1) is 16.7. The molecule has 24 heavy (non-hydrogen) atoms. The van der Waals surface area contributed by atoms with E-state index in [0.717, 1.165) is 44.2 Å². The maximum Gasteiger partial charge on any atom is 0.249 e. The third kappa shape index (κ3) is 3.66. The Kier molecular flexibility index (Phi) is 5.28. The van der Waals surface area contributed by atoms with Gasteiger partial charge in [-0.3, -0.25) is 4.79 Å². The van der Waals surface area contributed by atoms with Crippen molar-refractivity contribution < 1.29 is 9.32 Å². The smallest absolute Gasteiger partial charge is 0.249 e. The molecular formula is C19H25N3O2. The van der Waals surface area contributed by atoms with E-state index in [4.69, 9.17) is 4.52 Å². The average molecular weight is 327 g/mol. The van der Waals surface area contributed by atoms with Crippen molar-refractivity contribution in [3.8, 4) is 11.4 Å². The Labute approximate surface area is 143 Å². The van der Waals surface area contributed by atoms with E-state index >= 15 is 0 Å². The van der Waals surface area contributed by atoms with Crippen molar-refractivity contribution >= 4 is 5.91 Å². The fourth-order valence-electron chi connectivity index (χ4n) is 3.18. The van der Waals surface area contributed by atoms with Crippen LogP contribution in [0.25, 0.3) is 11.4 Å². The molecule has 128 valence electrons. The maximum absolute atomic E-state index is 12.5. The van der Waals surface area contributed by atoms with E-state index in [-0.39, 0.29) is 11.9 Å². The molecule has 1 aromatic heterocycles. The molecule has 3 rings (SSSR count). The number of benzene rings is 1. The van der Waals surface area contributed by atoms with Crippen LogP contribution in [0.15, 0.2) is 28.8 Å². The zero-order chi connectivity index (χ0) is 16.9. The van der Waals surface area contributed by atoms with Crippen LogP contribution in [-0.2, 0) is 4.79 Å². The Balaban J connectivity index is 1.71. The first-order valence-corrected chi connectivity index (χ1v) is 8.89. The van der Waals surface area contributed by atoms with E-state index in [9.17, 15) is 4.79 Å². The van der Waals surface area contributed by atoms with Crippen LogP contribution in [0.5, 0.6) is 0 Å². The van der Waals surface area contributed by atoms with Crippen LogP contribution in [-0.4, -0.2) is 27.5 Å². The maximum atomic E-state index is 12.5. The molecule has 2 heterocycles. The predicted octanol–water partition coefficient (Wildman–Crippen LogP) is 4.29. The van der Waals surface area contributed by atoms with Gasteiger partial charge in [-0.25, -0.2) is 0 Å². The first-order chi connectivity index (χ1) is 11.7. The third-order valence-corrected chi connectivity index (χ3v) is 4.60. The second-order valence-electron chi connectivity index (χ2n) is 6.52. The van der Waals surface area contributed by atoms with Gasteiger partial charge in [0.1, 0.15) is 6.04 Å². The number of hydrogen-bond acceptors (Lipinski definition) is 4. The van der Waals surface area contributed by atoms with Gasteiger partial charge in [0.2, 0.25) is 17.6 Å². The van der Waals surface area contributed by atoms with Gasteiger partial charge in [0.05, 0.1) is 0 Å². The van der Waals surface area contributed by atoms with E-state index in [1.807, 2.05) is 36.1 Å². The lowest BCUT2D eigenvalue weighted by molar-refractivity contribution is -0.132. The van der Waals surface area contributed by atoms with Crippen molar-refractivity contribution in [3.63, 3.8) is 0 Å². The predicted molar refractivity (Wildman–Crippen MR) is 92.3 cm³/mol. The number of carbonyl (C=O) groups excluding carboxylic acids is 1. The Hall–Kier alpha value is -2.17. The summed E-state index contributed by atoms with van der Waals surface area (Å²) in [6.45, 7) is 4.98. The van der Waals surface area contributed by atoms with E-state index in [1.54, 1.807) is 0 Å². The molecule has 0 radical (unpaired) electrons. The highest BCUT2D eigenvalue weighted by Crippen LogP contribution is 2.32. The van der Waals surface area contributed by atoms with Gasteiger partial charge in [0, 0.05) is 18.5 Å². The molecule has 1 unspecified atom stereocenters. The van der Waals surface area contributed by atoms with Crippen LogP contribution in [0.2, 0.25) is 0 Å². The minimum atomic E-state index is -0.0641. The lowest BCUT2D eigenvalue weighted by Gasteiger charge is -2.21. The molecule has 1 saturated heterocycles. The molecule has 0 saturated carbocycles. The largest absolute Gasteiger partial charge is 0.337 e. The molecular weight excluding hydrogens is 302 g/mol. The SMILES string of the molecule is CCCCCC(=O)N1CCCC1c1nc(-c2ccc(C)cc2)no1. The van der Waals surface area contributed by atoms with Crippen molar-refractivity contribution in [2.24, 2.45) is 0 Å². The number of aromatic nitrogens is 2. The Morgan fingerprint density at radius 3 is 2.83 bits per heavy atom. The van der Waals surface area contributed by atoms with Gasteiger partial charge in [-0.1, -0.05) is 54.8 Å². The normalized spacial score (nSPS) is 17.4. The number of carbonyl (C=O) groups is 1. The Morgan fingerprint density at radius 2 is 2.08 bits per heavy atom. The van der Waals surface area contributed by atoms with Crippen molar-refractivity contribution in [1.29, 1.82) is 0 Å². The van der Waals surface area contributed by atoms with Crippen LogP contribution in [0.1, 0.15) is 62.9 Å². The van der Waals surface area contributed by atoms with Crippen molar-refractivity contribution in [2.75, 3.05) is 6.54 Å². The quantitative estimate of drug-likeness (QED) is 0.743. The molecule has 1 aliphatic rings. The minimum absolute atomic E-state index is 0.0641. The van der Waals surface area contributed by atoms with Crippen molar-refractivity contribution in [1.82, 2.24) is 15.0 Å². The molecule has 5 heteroatoms. The van der Waals surface area contributed by atoms with E-state index in [0.29, 0.717) is 18.1 Å². The number of hydrogen-bond donors (Lipinski definition) is 0. The van der Waals surface area contributed by atoms with Crippen molar-refractivity contribution in [2.45, 2.75) is 58.4 Å². The van der Waals surface area contributed by atoms with Gasteiger partial charge in [-0.05, 0) is 26.2 Å². The van der Waals surface area contributed by atoms with Crippen LogP contribution in [0, 0.1) is 6.92 Å². The summed E-state index contributed by atoms with van der Waals surface area (Å²) in [6, 6.07) is 7.99. The average Bonchev–Trinajstić information content (AvgIpc) is 3.24. The molecule has 2 aromatic rings. The van der Waals surface area contributed by atoms with E-state index in [2.05, 4.69) is 17.1 Å². The van der Waals surface area contributed by atoms with Gasteiger partial charge < -0.3 is 9.42 Å². The number of nitrogens with zero attached hydrogens (tertiary/aromatic N) is 3. The van der Waals surface area contributed by atoms with E-state index in [1.165, 1.54) is 5.56 Å². The second-order valence-corrected chi connectivity index (χ2v) is 6.52. The topological polar surface area (TPSA) is 59.2 Å². The van der Waals surface area contributed by atoms with Crippen LogP contribution >= 0.6 is 0 Å². The summed E-state index contributed by atoms with van der Waals surface area (Å²) in [4.78, 5) is 18.9. The molecule has 5 nitrogen and oxygen atoms in total. The first-order valence-electron chi connectivity index (χ1n) is 8.89. The van der Waals surface area contributed by atoms with Gasteiger partial charge in [0.25, 0.3) is 0 Å². The van der Waals surface area contributed by atoms with Gasteiger partial charge in [-0.2, -0.15) is 4.98 Å². The summed E-state index contributed by atoms with van der Waals surface area (Å²) in [5, 5.41) is 4.11. The zero-order valence-electron chi connectivity index (χ0n) is 14.5.